The van der Waals surface area contributed by atoms with Crippen molar-refractivity contribution < 1.29 is 0 Å². The highest BCUT2D eigenvalue weighted by Crippen LogP contribution is 2.13. The average Bonchev–Trinajstić information content (AvgIpc) is 2.16. The zero-order valence-corrected chi connectivity index (χ0v) is 8.04. The molecule has 1 atom stereocenters. The van der Waals surface area contributed by atoms with Gasteiger partial charge in [0.25, 0.3) is 0 Å². The standard InChI is InChI=1S/C11H14N2/c1-4-11(12-5-2)10-7-6-8-13-9(10)3/h1,6-8,11-12H,5H2,2-3H3. The molecule has 0 fully saturated rings. The molecule has 1 heterocycles. The quantitative estimate of drug-likeness (QED) is 0.705. The number of aryl methyl sites for hydroxylation is 1. The summed E-state index contributed by atoms with van der Waals surface area (Å²) >= 11 is 0. The van der Waals surface area contributed by atoms with Crippen molar-refractivity contribution in [1.29, 1.82) is 0 Å². The minimum absolute atomic E-state index is 0.0151. The smallest absolute Gasteiger partial charge is 0.0960 e. The molecule has 0 amide bonds. The summed E-state index contributed by atoms with van der Waals surface area (Å²) < 4.78 is 0. The monoisotopic (exact) mass is 174 g/mol. The Morgan fingerprint density at radius 2 is 2.46 bits per heavy atom. The van der Waals surface area contributed by atoms with Crippen molar-refractivity contribution in [2.75, 3.05) is 6.54 Å². The molecular formula is C11H14N2. The fourth-order valence-corrected chi connectivity index (χ4v) is 1.26. The second kappa shape index (κ2) is 4.64. The molecule has 1 aromatic heterocycles. The molecule has 0 saturated carbocycles. The van der Waals surface area contributed by atoms with E-state index in [1.54, 1.807) is 6.20 Å². The van der Waals surface area contributed by atoms with Crippen LogP contribution in [0.15, 0.2) is 18.3 Å². The van der Waals surface area contributed by atoms with E-state index in [-0.39, 0.29) is 6.04 Å². The highest BCUT2D eigenvalue weighted by molar-refractivity contribution is 5.28. The lowest BCUT2D eigenvalue weighted by molar-refractivity contribution is 0.658. The number of pyridine rings is 1. The van der Waals surface area contributed by atoms with E-state index < -0.39 is 0 Å². The van der Waals surface area contributed by atoms with E-state index in [4.69, 9.17) is 6.42 Å². The Balaban J connectivity index is 2.92. The molecule has 0 aliphatic heterocycles. The fourth-order valence-electron chi connectivity index (χ4n) is 1.26. The molecule has 1 N–H and O–H groups in total. The third kappa shape index (κ3) is 2.30. The van der Waals surface area contributed by atoms with Crippen molar-refractivity contribution in [2.45, 2.75) is 19.9 Å². The molecular weight excluding hydrogens is 160 g/mol. The molecule has 0 radical (unpaired) electrons. The summed E-state index contributed by atoms with van der Waals surface area (Å²) in [6.45, 7) is 4.87. The summed E-state index contributed by atoms with van der Waals surface area (Å²) in [6.07, 6.45) is 7.20. The van der Waals surface area contributed by atoms with Crippen LogP contribution < -0.4 is 5.32 Å². The van der Waals surface area contributed by atoms with Crippen molar-refractivity contribution in [3.8, 4) is 12.3 Å². The number of aromatic nitrogens is 1. The van der Waals surface area contributed by atoms with Crippen molar-refractivity contribution in [1.82, 2.24) is 10.3 Å². The predicted octanol–water partition coefficient (Wildman–Crippen LogP) is 1.67. The van der Waals surface area contributed by atoms with E-state index in [1.807, 2.05) is 26.0 Å². The van der Waals surface area contributed by atoms with Gasteiger partial charge in [0.05, 0.1) is 6.04 Å². The van der Waals surface area contributed by atoms with Gasteiger partial charge in [-0.25, -0.2) is 0 Å². The molecule has 1 unspecified atom stereocenters. The Labute approximate surface area is 79.4 Å². The first-order valence-electron chi connectivity index (χ1n) is 4.40. The maximum absolute atomic E-state index is 5.42. The lowest BCUT2D eigenvalue weighted by Gasteiger charge is -2.13. The molecule has 13 heavy (non-hydrogen) atoms. The van der Waals surface area contributed by atoms with Crippen molar-refractivity contribution in [2.24, 2.45) is 0 Å². The minimum atomic E-state index is -0.0151. The van der Waals surface area contributed by atoms with Gasteiger partial charge >= 0.3 is 0 Å². The summed E-state index contributed by atoms with van der Waals surface area (Å²) in [5.74, 6) is 2.71. The summed E-state index contributed by atoms with van der Waals surface area (Å²) in [7, 11) is 0. The van der Waals surface area contributed by atoms with Crippen LogP contribution >= 0.6 is 0 Å². The summed E-state index contributed by atoms with van der Waals surface area (Å²) in [5.41, 5.74) is 2.08. The zero-order chi connectivity index (χ0) is 9.68. The number of hydrogen-bond donors (Lipinski definition) is 1. The lowest BCUT2D eigenvalue weighted by Crippen LogP contribution is -2.20. The van der Waals surface area contributed by atoms with Gasteiger partial charge < -0.3 is 5.32 Å². The summed E-state index contributed by atoms with van der Waals surface area (Å²) in [4.78, 5) is 4.19. The van der Waals surface area contributed by atoms with Crippen LogP contribution in [0.2, 0.25) is 0 Å². The van der Waals surface area contributed by atoms with E-state index in [1.165, 1.54) is 0 Å². The number of hydrogen-bond acceptors (Lipinski definition) is 2. The molecule has 68 valence electrons. The van der Waals surface area contributed by atoms with Crippen LogP contribution in [0.1, 0.15) is 24.2 Å². The molecule has 0 aliphatic rings. The molecule has 1 rings (SSSR count). The second-order valence-corrected chi connectivity index (χ2v) is 2.84. The number of nitrogens with zero attached hydrogens (tertiary/aromatic N) is 1. The predicted molar refractivity (Wildman–Crippen MR) is 54.2 cm³/mol. The number of terminal acetylenes is 1. The van der Waals surface area contributed by atoms with E-state index in [9.17, 15) is 0 Å². The highest BCUT2D eigenvalue weighted by Gasteiger charge is 2.08. The Morgan fingerprint density at radius 3 is 3.00 bits per heavy atom. The van der Waals surface area contributed by atoms with Crippen LogP contribution in [0.25, 0.3) is 0 Å². The molecule has 0 bridgehead atoms. The summed E-state index contributed by atoms with van der Waals surface area (Å²) in [5, 5.41) is 3.21. The van der Waals surface area contributed by atoms with Crippen molar-refractivity contribution >= 4 is 0 Å². The van der Waals surface area contributed by atoms with Gasteiger partial charge in [-0.2, -0.15) is 0 Å². The van der Waals surface area contributed by atoms with Gasteiger partial charge in [-0.1, -0.05) is 18.9 Å². The Bertz CT molecular complexity index is 312. The lowest BCUT2D eigenvalue weighted by atomic mass is 10.1. The van der Waals surface area contributed by atoms with Gasteiger partial charge in [-0.15, -0.1) is 6.42 Å². The van der Waals surface area contributed by atoms with Crippen LogP contribution in [0, 0.1) is 19.3 Å². The average molecular weight is 174 g/mol. The van der Waals surface area contributed by atoms with Gasteiger partial charge in [0.2, 0.25) is 0 Å². The summed E-state index contributed by atoms with van der Waals surface area (Å²) in [6, 6.07) is 3.90. The van der Waals surface area contributed by atoms with Crippen LogP contribution in [0.3, 0.4) is 0 Å². The maximum atomic E-state index is 5.42. The maximum Gasteiger partial charge on any atom is 0.0960 e. The number of nitrogens with one attached hydrogen (secondary N) is 1. The first-order chi connectivity index (χ1) is 6.29. The van der Waals surface area contributed by atoms with Crippen molar-refractivity contribution in [3.63, 3.8) is 0 Å². The van der Waals surface area contributed by atoms with Gasteiger partial charge in [0, 0.05) is 17.5 Å². The van der Waals surface area contributed by atoms with Gasteiger partial charge in [0.1, 0.15) is 0 Å². The molecule has 0 aromatic carbocycles. The normalized spacial score (nSPS) is 12.1. The van der Waals surface area contributed by atoms with Gasteiger partial charge in [-0.3, -0.25) is 4.98 Å². The van der Waals surface area contributed by atoms with Crippen LogP contribution in [0.5, 0.6) is 0 Å². The molecule has 0 saturated heterocycles. The Morgan fingerprint density at radius 1 is 1.69 bits per heavy atom. The van der Waals surface area contributed by atoms with Crippen LogP contribution in [-0.4, -0.2) is 11.5 Å². The van der Waals surface area contributed by atoms with Crippen LogP contribution in [0.4, 0.5) is 0 Å². The second-order valence-electron chi connectivity index (χ2n) is 2.84. The molecule has 0 spiro atoms. The van der Waals surface area contributed by atoms with E-state index in [2.05, 4.69) is 16.2 Å². The highest BCUT2D eigenvalue weighted by atomic mass is 14.9. The SMILES string of the molecule is C#CC(NCC)c1cccnc1C. The van der Waals surface area contributed by atoms with E-state index >= 15 is 0 Å². The Hall–Kier alpha value is -1.33. The van der Waals surface area contributed by atoms with E-state index in [0.29, 0.717) is 0 Å². The third-order valence-electron chi connectivity index (χ3n) is 1.93. The van der Waals surface area contributed by atoms with E-state index in [0.717, 1.165) is 17.8 Å². The van der Waals surface area contributed by atoms with Crippen LogP contribution in [-0.2, 0) is 0 Å². The molecule has 0 aliphatic carbocycles. The van der Waals surface area contributed by atoms with Crippen molar-refractivity contribution in [3.05, 3.63) is 29.6 Å². The minimum Gasteiger partial charge on any atom is -0.300 e. The number of rotatable bonds is 3. The zero-order valence-electron chi connectivity index (χ0n) is 8.04. The topological polar surface area (TPSA) is 24.9 Å². The molecule has 1 aromatic rings. The largest absolute Gasteiger partial charge is 0.300 e. The van der Waals surface area contributed by atoms with Gasteiger partial charge in [0.15, 0.2) is 0 Å². The molecule has 2 heteroatoms. The molecule has 2 nitrogen and oxygen atoms in total. The fraction of sp³-hybridized carbons (Fsp3) is 0.364. The van der Waals surface area contributed by atoms with Gasteiger partial charge in [-0.05, 0) is 19.5 Å². The third-order valence-corrected chi connectivity index (χ3v) is 1.93. The first-order valence-corrected chi connectivity index (χ1v) is 4.40. The first kappa shape index (κ1) is 9.76. The Kier molecular flexibility index (Phi) is 3.48.